The summed E-state index contributed by atoms with van der Waals surface area (Å²) in [6.07, 6.45) is 1.44. The van der Waals surface area contributed by atoms with Crippen molar-refractivity contribution in [2.24, 2.45) is 7.05 Å². The number of rotatable bonds is 8. The molecule has 0 aliphatic carbocycles. The summed E-state index contributed by atoms with van der Waals surface area (Å²) in [4.78, 5) is 36.5. The molecule has 0 saturated carbocycles. The van der Waals surface area contributed by atoms with Crippen LogP contribution in [0.1, 0.15) is 43.0 Å². The average Bonchev–Trinajstić information content (AvgIpc) is 3.44. The second-order valence-electron chi connectivity index (χ2n) is 9.77. The molecule has 0 radical (unpaired) electrons. The first-order valence-electron chi connectivity index (χ1n) is 13.8. The van der Waals surface area contributed by atoms with Crippen LogP contribution in [0.4, 0.5) is 5.95 Å². The quantitative estimate of drug-likeness (QED) is 0.212. The van der Waals surface area contributed by atoms with Crippen LogP contribution >= 0.6 is 0 Å². The van der Waals surface area contributed by atoms with Gasteiger partial charge in [-0.3, -0.25) is 14.2 Å². The molecule has 5 rings (SSSR count). The van der Waals surface area contributed by atoms with E-state index in [-0.39, 0.29) is 41.3 Å². The lowest BCUT2D eigenvalue weighted by Gasteiger charge is -2.31. The van der Waals surface area contributed by atoms with E-state index in [0.29, 0.717) is 17.0 Å². The van der Waals surface area contributed by atoms with Crippen LogP contribution in [0.25, 0.3) is 22.7 Å². The molecule has 0 N–H and O–H groups in total. The lowest BCUT2D eigenvalue weighted by Crippen LogP contribution is -2.33. The van der Waals surface area contributed by atoms with E-state index in [4.69, 9.17) is 18.9 Å². The van der Waals surface area contributed by atoms with Crippen molar-refractivity contribution < 1.29 is 18.7 Å². The molecule has 42 heavy (non-hydrogen) atoms. The molecule has 0 bridgehead atoms. The Labute approximate surface area is 245 Å². The number of para-hydroxylation sites is 2. The van der Waals surface area contributed by atoms with Gasteiger partial charge in [0, 0.05) is 14.1 Å². The largest absolute Gasteiger partial charge is 0.489 e. The van der Waals surface area contributed by atoms with Gasteiger partial charge in [0.05, 0.1) is 26.7 Å². The molecule has 1 atom stereocenters. The highest BCUT2D eigenvalue weighted by molar-refractivity contribution is 5.76. The first-order chi connectivity index (χ1) is 20.3. The Kier molecular flexibility index (Phi) is 9.75. The Morgan fingerprint density at radius 3 is 2.17 bits per heavy atom. The highest BCUT2D eigenvalue weighted by Crippen LogP contribution is 2.34. The van der Waals surface area contributed by atoms with Gasteiger partial charge in [-0.2, -0.15) is 0 Å². The highest BCUT2D eigenvalue weighted by Gasteiger charge is 2.27. The van der Waals surface area contributed by atoms with Gasteiger partial charge in [0.25, 0.3) is 11.4 Å². The molecule has 5 aromatic rings. The second kappa shape index (κ2) is 13.6. The van der Waals surface area contributed by atoms with Crippen LogP contribution in [0.5, 0.6) is 5.75 Å². The topological polar surface area (TPSA) is 99.7 Å². The molecule has 3 aromatic carbocycles. The summed E-state index contributed by atoms with van der Waals surface area (Å²) < 4.78 is 17.7. The number of benzene rings is 3. The van der Waals surface area contributed by atoms with E-state index in [2.05, 4.69) is 18.8 Å². The second-order valence-corrected chi connectivity index (χ2v) is 9.77. The zero-order chi connectivity index (χ0) is 30.2. The predicted octanol–water partition coefficient (Wildman–Crippen LogP) is 5.95. The van der Waals surface area contributed by atoms with Gasteiger partial charge >= 0.3 is 5.97 Å². The fourth-order valence-electron chi connectivity index (χ4n) is 4.64. The maximum Gasteiger partial charge on any atom is 0.309 e. The Balaban J connectivity index is 0.00000129. The molecule has 2 aromatic heterocycles. The number of hydrogen-bond donors (Lipinski definition) is 0. The molecular formula is C33H36N4O5. The van der Waals surface area contributed by atoms with Crippen molar-refractivity contribution in [1.82, 2.24) is 14.5 Å². The number of fused-ring (bicyclic) bond motifs is 1. The summed E-state index contributed by atoms with van der Waals surface area (Å²) in [5.74, 6) is 0.336. The number of methoxy groups -OCH3 is 2. The molecule has 2 heterocycles. The lowest BCUT2D eigenvalue weighted by molar-refractivity contribution is -0.139. The van der Waals surface area contributed by atoms with Crippen LogP contribution in [0.15, 0.2) is 88.1 Å². The van der Waals surface area contributed by atoms with Crippen molar-refractivity contribution in [2.75, 3.05) is 26.2 Å². The number of carbonyl (C=O) groups excluding carboxylic acids is 1. The van der Waals surface area contributed by atoms with E-state index >= 15 is 0 Å². The van der Waals surface area contributed by atoms with Crippen molar-refractivity contribution >= 4 is 23.0 Å². The minimum Gasteiger partial charge on any atom is -0.489 e. The van der Waals surface area contributed by atoms with Crippen molar-refractivity contribution in [3.05, 3.63) is 106 Å². The third-order valence-electron chi connectivity index (χ3n) is 6.62. The van der Waals surface area contributed by atoms with Gasteiger partial charge in [-0.25, -0.2) is 9.97 Å². The number of anilines is 1. The van der Waals surface area contributed by atoms with Crippen molar-refractivity contribution in [3.63, 3.8) is 0 Å². The SMILES string of the molecule is CCC.COC(=O)Cc1ccc(C(c2ccccc2)N(C)c2nc(-c3nc4ccccc4o3)c(OC)c(=O)n2C)cc1. The predicted molar refractivity (Wildman–Crippen MR) is 164 cm³/mol. The van der Waals surface area contributed by atoms with Gasteiger partial charge in [0.15, 0.2) is 11.3 Å². The minimum atomic E-state index is -0.369. The number of oxazole rings is 1. The zero-order valence-electron chi connectivity index (χ0n) is 24.8. The van der Waals surface area contributed by atoms with Crippen molar-refractivity contribution in [2.45, 2.75) is 32.7 Å². The number of nitrogens with zero attached hydrogens (tertiary/aromatic N) is 4. The van der Waals surface area contributed by atoms with Crippen LogP contribution in [0, 0.1) is 0 Å². The maximum absolute atomic E-state index is 13.5. The van der Waals surface area contributed by atoms with Crippen LogP contribution in [-0.2, 0) is 23.0 Å². The van der Waals surface area contributed by atoms with E-state index in [1.54, 1.807) is 7.05 Å². The molecule has 9 heteroatoms. The van der Waals surface area contributed by atoms with Crippen LogP contribution in [0.2, 0.25) is 0 Å². The average molecular weight is 569 g/mol. The van der Waals surface area contributed by atoms with E-state index in [9.17, 15) is 9.59 Å². The van der Waals surface area contributed by atoms with Gasteiger partial charge in [-0.05, 0) is 28.8 Å². The summed E-state index contributed by atoms with van der Waals surface area (Å²) in [7, 11) is 6.33. The summed E-state index contributed by atoms with van der Waals surface area (Å²) >= 11 is 0. The maximum atomic E-state index is 13.5. The molecular weight excluding hydrogens is 532 g/mol. The number of aromatic nitrogens is 3. The summed E-state index contributed by atoms with van der Waals surface area (Å²) in [5, 5.41) is 0. The first-order valence-corrected chi connectivity index (χ1v) is 13.8. The zero-order valence-corrected chi connectivity index (χ0v) is 24.8. The van der Waals surface area contributed by atoms with E-state index in [1.807, 2.05) is 90.8 Å². The standard InChI is InChI=1S/C30H28N4O5.C3H8/c1-33(26(20-10-6-5-7-11-20)21-16-14-19(15-17-21)18-24(35)37-3)30-32-25(27(38-4)29(36)34(30)2)28-31-22-12-8-9-13-23(22)39-28;1-3-2/h5-17,26H,18H2,1-4H3;3H2,1-2H3. The molecule has 218 valence electrons. The van der Waals surface area contributed by atoms with E-state index < -0.39 is 0 Å². The van der Waals surface area contributed by atoms with E-state index in [1.165, 1.54) is 25.2 Å². The fourth-order valence-corrected chi connectivity index (χ4v) is 4.64. The first kappa shape index (κ1) is 30.0. The Morgan fingerprint density at radius 2 is 1.55 bits per heavy atom. The van der Waals surface area contributed by atoms with Gasteiger partial charge in [-0.1, -0.05) is 87.0 Å². The van der Waals surface area contributed by atoms with E-state index in [0.717, 1.165) is 16.7 Å². The Morgan fingerprint density at radius 1 is 0.929 bits per heavy atom. The third-order valence-corrected chi connectivity index (χ3v) is 6.62. The number of esters is 1. The third kappa shape index (κ3) is 6.35. The highest BCUT2D eigenvalue weighted by atomic mass is 16.5. The number of carbonyl (C=O) groups is 1. The molecule has 0 spiro atoms. The van der Waals surface area contributed by atoms with Gasteiger partial charge < -0.3 is 18.8 Å². The lowest BCUT2D eigenvalue weighted by atomic mass is 9.96. The molecule has 0 fully saturated rings. The van der Waals surface area contributed by atoms with Crippen molar-refractivity contribution in [1.29, 1.82) is 0 Å². The van der Waals surface area contributed by atoms with Crippen LogP contribution in [-0.4, -0.2) is 41.8 Å². The summed E-state index contributed by atoms with van der Waals surface area (Å²) in [6.45, 7) is 4.25. The number of ether oxygens (including phenoxy) is 2. The fraction of sp³-hybridized carbons (Fsp3) is 0.273. The molecule has 0 aliphatic heterocycles. The minimum absolute atomic E-state index is 0.0460. The van der Waals surface area contributed by atoms with Crippen LogP contribution in [0.3, 0.4) is 0 Å². The smallest absolute Gasteiger partial charge is 0.309 e. The van der Waals surface area contributed by atoms with Gasteiger partial charge in [-0.15, -0.1) is 0 Å². The Hall–Kier alpha value is -4.92. The molecule has 0 amide bonds. The molecule has 1 unspecified atom stereocenters. The molecule has 0 saturated heterocycles. The number of hydrogen-bond acceptors (Lipinski definition) is 8. The summed E-state index contributed by atoms with van der Waals surface area (Å²) in [5.41, 5.74) is 3.88. The Bertz CT molecular complexity index is 1660. The van der Waals surface area contributed by atoms with Gasteiger partial charge in [0.1, 0.15) is 5.52 Å². The van der Waals surface area contributed by atoms with Crippen molar-refractivity contribution in [3.8, 4) is 17.3 Å². The molecule has 0 aliphatic rings. The normalized spacial score (nSPS) is 11.4. The van der Waals surface area contributed by atoms with Gasteiger partial charge in [0.2, 0.25) is 11.7 Å². The van der Waals surface area contributed by atoms with Crippen LogP contribution < -0.4 is 15.2 Å². The monoisotopic (exact) mass is 568 g/mol. The summed E-state index contributed by atoms with van der Waals surface area (Å²) in [6, 6.07) is 24.7. The molecule has 9 nitrogen and oxygen atoms in total.